The highest BCUT2D eigenvalue weighted by atomic mass is 35.5. The van der Waals surface area contributed by atoms with E-state index in [-0.39, 0.29) is 16.7 Å². The van der Waals surface area contributed by atoms with Crippen LogP contribution in [0.5, 0.6) is 0 Å². The standard InChI is InChI=1S/C10H13ClN2O2S/c11-9-4-2-1-3-8(9)10(7-13(14)15)16-6-5-12/h1-4,10H,5-7,12H2/t10-/m1/s1. The quantitative estimate of drug-likeness (QED) is 0.630. The summed E-state index contributed by atoms with van der Waals surface area (Å²) in [5.74, 6) is 0.684. The maximum atomic E-state index is 10.6. The van der Waals surface area contributed by atoms with Crippen LogP contribution < -0.4 is 5.73 Å². The molecule has 0 radical (unpaired) electrons. The van der Waals surface area contributed by atoms with Crippen molar-refractivity contribution in [3.63, 3.8) is 0 Å². The molecule has 1 rings (SSSR count). The smallest absolute Gasteiger partial charge is 0.219 e. The van der Waals surface area contributed by atoms with Gasteiger partial charge in [-0.1, -0.05) is 29.8 Å². The van der Waals surface area contributed by atoms with Gasteiger partial charge in [0, 0.05) is 22.2 Å². The van der Waals surface area contributed by atoms with E-state index in [0.717, 1.165) is 5.56 Å². The maximum Gasteiger partial charge on any atom is 0.219 e. The van der Waals surface area contributed by atoms with Crippen LogP contribution >= 0.6 is 23.4 Å². The lowest BCUT2D eigenvalue weighted by atomic mass is 10.1. The maximum absolute atomic E-state index is 10.6. The van der Waals surface area contributed by atoms with Crippen LogP contribution in [0.15, 0.2) is 24.3 Å². The Hall–Kier alpha value is -0.780. The number of halogens is 1. The number of nitrogens with two attached hydrogens (primary N) is 1. The molecule has 4 nitrogen and oxygen atoms in total. The molecule has 0 aliphatic rings. The molecule has 0 unspecified atom stereocenters. The summed E-state index contributed by atoms with van der Waals surface area (Å²) < 4.78 is 0. The number of nitro groups is 1. The molecule has 88 valence electrons. The molecular weight excluding hydrogens is 248 g/mol. The molecule has 0 aromatic heterocycles. The lowest BCUT2D eigenvalue weighted by Crippen LogP contribution is -2.12. The second-order valence-corrected chi connectivity index (χ2v) is 4.90. The first-order chi connectivity index (χ1) is 7.65. The largest absolute Gasteiger partial charge is 0.330 e. The highest BCUT2D eigenvalue weighted by molar-refractivity contribution is 7.99. The van der Waals surface area contributed by atoms with E-state index in [0.29, 0.717) is 17.3 Å². The van der Waals surface area contributed by atoms with E-state index in [1.54, 1.807) is 6.07 Å². The number of thioether (sulfide) groups is 1. The van der Waals surface area contributed by atoms with Gasteiger partial charge in [0.15, 0.2) is 0 Å². The van der Waals surface area contributed by atoms with Crippen LogP contribution in [0.1, 0.15) is 10.8 Å². The van der Waals surface area contributed by atoms with E-state index in [4.69, 9.17) is 17.3 Å². The first kappa shape index (κ1) is 13.3. The fourth-order valence-corrected chi connectivity index (χ4v) is 2.69. The van der Waals surface area contributed by atoms with Gasteiger partial charge in [-0.15, -0.1) is 11.8 Å². The van der Waals surface area contributed by atoms with E-state index in [2.05, 4.69) is 0 Å². The molecule has 0 saturated carbocycles. The molecule has 16 heavy (non-hydrogen) atoms. The van der Waals surface area contributed by atoms with Crippen LogP contribution in [0.25, 0.3) is 0 Å². The fraction of sp³-hybridized carbons (Fsp3) is 0.400. The summed E-state index contributed by atoms with van der Waals surface area (Å²) in [6.45, 7) is 0.373. The zero-order valence-electron chi connectivity index (χ0n) is 8.64. The summed E-state index contributed by atoms with van der Waals surface area (Å²) in [6, 6.07) is 7.20. The molecule has 6 heteroatoms. The normalized spacial score (nSPS) is 12.4. The Labute approximate surface area is 103 Å². The molecule has 1 aromatic carbocycles. The average Bonchev–Trinajstić information content (AvgIpc) is 2.24. The van der Waals surface area contributed by atoms with Crippen LogP contribution in [0.3, 0.4) is 0 Å². The predicted molar refractivity (Wildman–Crippen MR) is 67.6 cm³/mol. The van der Waals surface area contributed by atoms with E-state index in [9.17, 15) is 10.1 Å². The fourth-order valence-electron chi connectivity index (χ4n) is 1.32. The third kappa shape index (κ3) is 4.00. The minimum absolute atomic E-state index is 0.131. The van der Waals surface area contributed by atoms with Crippen molar-refractivity contribution in [1.82, 2.24) is 0 Å². The predicted octanol–water partition coefficient (Wildman–Crippen LogP) is 2.35. The number of rotatable bonds is 6. The van der Waals surface area contributed by atoms with E-state index < -0.39 is 0 Å². The number of hydrogen-bond donors (Lipinski definition) is 1. The summed E-state index contributed by atoms with van der Waals surface area (Å²) in [6.07, 6.45) is 0. The Balaban J connectivity index is 2.82. The summed E-state index contributed by atoms with van der Waals surface area (Å²) >= 11 is 7.48. The first-order valence-corrected chi connectivity index (χ1v) is 6.25. The Kier molecular flexibility index (Phi) is 5.59. The summed E-state index contributed by atoms with van der Waals surface area (Å²) in [4.78, 5) is 10.3. The van der Waals surface area contributed by atoms with Crippen LogP contribution in [0.4, 0.5) is 0 Å². The van der Waals surface area contributed by atoms with Gasteiger partial charge >= 0.3 is 0 Å². The molecule has 0 aliphatic carbocycles. The van der Waals surface area contributed by atoms with Gasteiger partial charge < -0.3 is 5.73 Å². The molecule has 0 fully saturated rings. The highest BCUT2D eigenvalue weighted by Gasteiger charge is 2.20. The van der Waals surface area contributed by atoms with E-state index in [1.807, 2.05) is 18.2 Å². The van der Waals surface area contributed by atoms with Gasteiger partial charge in [-0.2, -0.15) is 0 Å². The third-order valence-electron chi connectivity index (χ3n) is 2.00. The van der Waals surface area contributed by atoms with Crippen LogP contribution in [0.2, 0.25) is 5.02 Å². The number of hydrogen-bond acceptors (Lipinski definition) is 4. The van der Waals surface area contributed by atoms with E-state index >= 15 is 0 Å². The van der Waals surface area contributed by atoms with Gasteiger partial charge in [-0.3, -0.25) is 10.1 Å². The van der Waals surface area contributed by atoms with Crippen molar-refractivity contribution >= 4 is 23.4 Å². The minimum atomic E-state index is -0.322. The van der Waals surface area contributed by atoms with Crippen molar-refractivity contribution in [3.8, 4) is 0 Å². The molecule has 0 saturated heterocycles. The Bertz CT molecular complexity index is 362. The average molecular weight is 261 g/mol. The zero-order valence-corrected chi connectivity index (χ0v) is 10.2. The monoisotopic (exact) mass is 260 g/mol. The lowest BCUT2D eigenvalue weighted by Gasteiger charge is -2.13. The van der Waals surface area contributed by atoms with Gasteiger partial charge in [0.2, 0.25) is 6.54 Å². The van der Waals surface area contributed by atoms with Crippen molar-refractivity contribution in [1.29, 1.82) is 0 Å². The van der Waals surface area contributed by atoms with E-state index in [1.165, 1.54) is 11.8 Å². The lowest BCUT2D eigenvalue weighted by molar-refractivity contribution is -0.479. The Morgan fingerprint density at radius 1 is 1.50 bits per heavy atom. The van der Waals surface area contributed by atoms with Gasteiger partial charge in [-0.25, -0.2) is 0 Å². The molecule has 2 N–H and O–H groups in total. The van der Waals surface area contributed by atoms with Crippen molar-refractivity contribution in [2.24, 2.45) is 5.73 Å². The topological polar surface area (TPSA) is 69.2 Å². The van der Waals surface area contributed by atoms with Crippen molar-refractivity contribution in [2.45, 2.75) is 5.25 Å². The summed E-state index contributed by atoms with van der Waals surface area (Å²) in [5, 5.41) is 10.9. The van der Waals surface area contributed by atoms with Crippen LogP contribution in [-0.4, -0.2) is 23.8 Å². The second-order valence-electron chi connectivity index (χ2n) is 3.18. The summed E-state index contributed by atoms with van der Waals surface area (Å²) in [5.41, 5.74) is 6.21. The molecule has 0 bridgehead atoms. The zero-order chi connectivity index (χ0) is 12.0. The van der Waals surface area contributed by atoms with Crippen LogP contribution in [0, 0.1) is 10.1 Å². The molecule has 1 aromatic rings. The second kappa shape index (κ2) is 6.73. The van der Waals surface area contributed by atoms with Gasteiger partial charge in [-0.05, 0) is 11.6 Å². The molecular formula is C10H13ClN2O2S. The minimum Gasteiger partial charge on any atom is -0.330 e. The first-order valence-electron chi connectivity index (χ1n) is 4.83. The van der Waals surface area contributed by atoms with Gasteiger partial charge in [0.1, 0.15) is 0 Å². The number of benzene rings is 1. The third-order valence-corrected chi connectivity index (χ3v) is 3.62. The molecule has 0 heterocycles. The Morgan fingerprint density at radius 3 is 2.75 bits per heavy atom. The van der Waals surface area contributed by atoms with Crippen molar-refractivity contribution < 1.29 is 4.92 Å². The van der Waals surface area contributed by atoms with Crippen molar-refractivity contribution in [3.05, 3.63) is 45.0 Å². The molecule has 1 atom stereocenters. The number of nitrogens with zero attached hydrogens (tertiary/aromatic N) is 1. The Morgan fingerprint density at radius 2 is 2.19 bits per heavy atom. The summed E-state index contributed by atoms with van der Waals surface area (Å²) in [7, 11) is 0. The highest BCUT2D eigenvalue weighted by Crippen LogP contribution is 2.33. The molecule has 0 spiro atoms. The molecule has 0 aliphatic heterocycles. The molecule has 0 amide bonds. The van der Waals surface area contributed by atoms with Gasteiger partial charge in [0.25, 0.3) is 0 Å². The van der Waals surface area contributed by atoms with Crippen LogP contribution in [-0.2, 0) is 0 Å². The van der Waals surface area contributed by atoms with Gasteiger partial charge in [0.05, 0.1) is 5.25 Å². The SMILES string of the molecule is NCCS[C@H](C[N+](=O)[O-])c1ccccc1Cl. The van der Waals surface area contributed by atoms with Crippen molar-refractivity contribution in [2.75, 3.05) is 18.8 Å².